The number of aromatic nitrogens is 2. The van der Waals surface area contributed by atoms with Gasteiger partial charge >= 0.3 is 0 Å². The van der Waals surface area contributed by atoms with E-state index in [0.29, 0.717) is 18.0 Å². The first-order valence-electron chi connectivity index (χ1n) is 6.70. The molecule has 5 heteroatoms. The van der Waals surface area contributed by atoms with E-state index in [-0.39, 0.29) is 12.2 Å². The highest BCUT2D eigenvalue weighted by atomic mass is 35.5. The average Bonchev–Trinajstić information content (AvgIpc) is 2.39. The summed E-state index contributed by atoms with van der Waals surface area (Å²) in [6.45, 7) is 0.109. The number of nitrogens with zero attached hydrogens (tertiary/aromatic N) is 1. The zero-order valence-electron chi connectivity index (χ0n) is 10.9. The Labute approximate surface area is 121 Å². The SMILES string of the molecule is O=c1[nH]c(CCCO)c(-c2ccc(Cl)nc2)c2c1CC2. The molecule has 1 aliphatic carbocycles. The summed E-state index contributed by atoms with van der Waals surface area (Å²) in [6, 6.07) is 3.67. The second kappa shape index (κ2) is 5.38. The maximum absolute atomic E-state index is 12.0. The molecular formula is C15H15ClN2O2. The van der Waals surface area contributed by atoms with Gasteiger partial charge in [-0.1, -0.05) is 11.6 Å². The van der Waals surface area contributed by atoms with Crippen LogP contribution >= 0.6 is 11.6 Å². The van der Waals surface area contributed by atoms with Gasteiger partial charge in [-0.2, -0.15) is 0 Å². The molecule has 0 unspecified atom stereocenters. The van der Waals surface area contributed by atoms with Gasteiger partial charge in [0.2, 0.25) is 0 Å². The number of rotatable bonds is 4. The van der Waals surface area contributed by atoms with Crippen molar-refractivity contribution in [2.45, 2.75) is 25.7 Å². The standard InChI is InChI=1S/C15H15ClN2O2/c16-13-6-3-9(8-17-13)14-10-4-5-11(10)15(20)18-12(14)2-1-7-19/h3,6,8,19H,1-2,4-5,7H2,(H,18,20). The van der Waals surface area contributed by atoms with Gasteiger partial charge in [-0.15, -0.1) is 0 Å². The Balaban J connectivity index is 2.14. The largest absolute Gasteiger partial charge is 0.396 e. The van der Waals surface area contributed by atoms with Crippen molar-refractivity contribution in [3.8, 4) is 11.1 Å². The highest BCUT2D eigenvalue weighted by Gasteiger charge is 2.24. The van der Waals surface area contributed by atoms with Gasteiger partial charge < -0.3 is 10.1 Å². The zero-order valence-corrected chi connectivity index (χ0v) is 11.7. The molecule has 0 radical (unpaired) electrons. The molecule has 0 saturated heterocycles. The molecule has 0 amide bonds. The van der Waals surface area contributed by atoms with Gasteiger partial charge in [0.05, 0.1) is 0 Å². The molecule has 1 aliphatic rings. The predicted molar refractivity (Wildman–Crippen MR) is 78.1 cm³/mol. The summed E-state index contributed by atoms with van der Waals surface area (Å²) in [4.78, 5) is 19.0. The molecule has 0 aliphatic heterocycles. The van der Waals surface area contributed by atoms with Gasteiger partial charge in [0.25, 0.3) is 5.56 Å². The molecule has 0 spiro atoms. The van der Waals surface area contributed by atoms with E-state index in [1.165, 1.54) is 0 Å². The lowest BCUT2D eigenvalue weighted by atomic mass is 9.82. The van der Waals surface area contributed by atoms with Gasteiger partial charge in [0, 0.05) is 35.2 Å². The van der Waals surface area contributed by atoms with Crippen LogP contribution < -0.4 is 5.56 Å². The predicted octanol–water partition coefficient (Wildman–Crippen LogP) is 2.11. The maximum atomic E-state index is 12.0. The van der Waals surface area contributed by atoms with Crippen molar-refractivity contribution in [2.24, 2.45) is 0 Å². The minimum atomic E-state index is 0.00450. The first-order chi connectivity index (χ1) is 9.70. The summed E-state index contributed by atoms with van der Waals surface area (Å²) in [5.74, 6) is 0. The number of aryl methyl sites for hydroxylation is 1. The number of hydrogen-bond donors (Lipinski definition) is 2. The number of H-pyrrole nitrogens is 1. The second-order valence-electron chi connectivity index (χ2n) is 4.96. The summed E-state index contributed by atoms with van der Waals surface area (Å²) < 4.78 is 0. The zero-order chi connectivity index (χ0) is 14.1. The quantitative estimate of drug-likeness (QED) is 0.848. The van der Waals surface area contributed by atoms with E-state index >= 15 is 0 Å². The summed E-state index contributed by atoms with van der Waals surface area (Å²) in [7, 11) is 0. The third-order valence-corrected chi connectivity index (χ3v) is 3.96. The van der Waals surface area contributed by atoms with Crippen molar-refractivity contribution in [3.63, 3.8) is 0 Å². The normalized spacial score (nSPS) is 12.9. The molecule has 2 N–H and O–H groups in total. The molecule has 0 bridgehead atoms. The monoisotopic (exact) mass is 290 g/mol. The minimum absolute atomic E-state index is 0.00450. The molecule has 0 aromatic carbocycles. The summed E-state index contributed by atoms with van der Waals surface area (Å²) in [5, 5.41) is 9.46. The molecule has 0 saturated carbocycles. The van der Waals surface area contributed by atoms with Crippen molar-refractivity contribution in [3.05, 3.63) is 50.7 Å². The van der Waals surface area contributed by atoms with Crippen LogP contribution in [0.15, 0.2) is 23.1 Å². The van der Waals surface area contributed by atoms with Crippen molar-refractivity contribution in [1.82, 2.24) is 9.97 Å². The van der Waals surface area contributed by atoms with Crippen LogP contribution in [0.5, 0.6) is 0 Å². The highest BCUT2D eigenvalue weighted by molar-refractivity contribution is 6.29. The van der Waals surface area contributed by atoms with Crippen LogP contribution in [-0.4, -0.2) is 21.7 Å². The summed E-state index contributed by atoms with van der Waals surface area (Å²) in [5.41, 5.74) is 4.91. The molecule has 0 atom stereocenters. The molecule has 20 heavy (non-hydrogen) atoms. The van der Waals surface area contributed by atoms with Gasteiger partial charge in [0.1, 0.15) is 5.15 Å². The fraction of sp³-hybridized carbons (Fsp3) is 0.333. The molecule has 0 fully saturated rings. The molecule has 2 heterocycles. The Bertz CT molecular complexity index is 692. The van der Waals surface area contributed by atoms with Gasteiger partial charge in [0.15, 0.2) is 0 Å². The van der Waals surface area contributed by atoms with Crippen LogP contribution in [0.1, 0.15) is 23.2 Å². The van der Waals surface area contributed by atoms with E-state index in [9.17, 15) is 4.79 Å². The molecule has 104 valence electrons. The van der Waals surface area contributed by atoms with E-state index in [4.69, 9.17) is 16.7 Å². The molecule has 2 aromatic heterocycles. The number of hydrogen-bond acceptors (Lipinski definition) is 3. The number of nitrogens with one attached hydrogen (secondary N) is 1. The van der Waals surface area contributed by atoms with Gasteiger partial charge in [-0.3, -0.25) is 4.79 Å². The highest BCUT2D eigenvalue weighted by Crippen LogP contribution is 2.34. The van der Waals surface area contributed by atoms with Crippen LogP contribution in [0.25, 0.3) is 11.1 Å². The van der Waals surface area contributed by atoms with Crippen molar-refractivity contribution in [2.75, 3.05) is 6.61 Å². The maximum Gasteiger partial charge on any atom is 0.251 e. The lowest BCUT2D eigenvalue weighted by molar-refractivity contribution is 0.288. The van der Waals surface area contributed by atoms with Crippen LogP contribution in [0.4, 0.5) is 0 Å². The topological polar surface area (TPSA) is 66.0 Å². The Morgan fingerprint density at radius 3 is 2.70 bits per heavy atom. The smallest absolute Gasteiger partial charge is 0.251 e. The van der Waals surface area contributed by atoms with E-state index in [2.05, 4.69) is 9.97 Å². The molecule has 2 aromatic rings. The number of halogens is 1. The minimum Gasteiger partial charge on any atom is -0.396 e. The Morgan fingerprint density at radius 2 is 2.10 bits per heavy atom. The Kier molecular flexibility index (Phi) is 3.59. The average molecular weight is 291 g/mol. The summed E-state index contributed by atoms with van der Waals surface area (Å²) >= 11 is 5.83. The fourth-order valence-corrected chi connectivity index (χ4v) is 2.79. The third-order valence-electron chi connectivity index (χ3n) is 3.73. The number of aliphatic hydroxyl groups excluding tert-OH is 1. The Hall–Kier alpha value is -1.65. The third kappa shape index (κ3) is 2.25. The number of pyridine rings is 2. The number of aliphatic hydroxyl groups is 1. The fourth-order valence-electron chi connectivity index (χ4n) is 2.67. The van der Waals surface area contributed by atoms with Crippen molar-refractivity contribution < 1.29 is 5.11 Å². The van der Waals surface area contributed by atoms with Gasteiger partial charge in [-0.25, -0.2) is 4.98 Å². The number of aromatic amines is 1. The molecule has 3 rings (SSSR count). The molecule has 4 nitrogen and oxygen atoms in total. The van der Waals surface area contributed by atoms with E-state index in [1.807, 2.05) is 6.07 Å². The lowest BCUT2D eigenvalue weighted by Crippen LogP contribution is -2.27. The first kappa shape index (κ1) is 13.3. The van der Waals surface area contributed by atoms with Crippen LogP contribution in [-0.2, 0) is 19.3 Å². The van der Waals surface area contributed by atoms with E-state index < -0.39 is 0 Å². The van der Waals surface area contributed by atoms with E-state index in [1.54, 1.807) is 12.3 Å². The van der Waals surface area contributed by atoms with Crippen LogP contribution in [0.2, 0.25) is 5.15 Å². The van der Waals surface area contributed by atoms with Gasteiger partial charge in [-0.05, 0) is 43.4 Å². The summed E-state index contributed by atoms with van der Waals surface area (Å²) in [6.07, 6.45) is 4.76. The van der Waals surface area contributed by atoms with Crippen LogP contribution in [0, 0.1) is 0 Å². The first-order valence-corrected chi connectivity index (χ1v) is 7.08. The Morgan fingerprint density at radius 1 is 1.30 bits per heavy atom. The van der Waals surface area contributed by atoms with Crippen LogP contribution in [0.3, 0.4) is 0 Å². The van der Waals surface area contributed by atoms with Crippen molar-refractivity contribution in [1.29, 1.82) is 0 Å². The molecular weight excluding hydrogens is 276 g/mol. The number of fused-ring (bicyclic) bond motifs is 1. The van der Waals surface area contributed by atoms with Crippen molar-refractivity contribution >= 4 is 11.6 Å². The second-order valence-corrected chi connectivity index (χ2v) is 5.35. The lowest BCUT2D eigenvalue weighted by Gasteiger charge is -2.24. The van der Waals surface area contributed by atoms with E-state index in [0.717, 1.165) is 40.8 Å².